The van der Waals surface area contributed by atoms with E-state index in [1.165, 1.54) is 11.0 Å². The van der Waals surface area contributed by atoms with Gasteiger partial charge in [0.25, 0.3) is 5.91 Å². The van der Waals surface area contributed by atoms with Gasteiger partial charge in [0.1, 0.15) is 6.33 Å². The Labute approximate surface area is 128 Å². The molecule has 1 fully saturated rings. The Morgan fingerprint density at radius 3 is 3.00 bits per heavy atom. The molecule has 112 valence electrons. The summed E-state index contributed by atoms with van der Waals surface area (Å²) in [4.78, 5) is 14.4. The number of aromatic nitrogens is 4. The number of carbonyl (C=O) groups is 1. The summed E-state index contributed by atoms with van der Waals surface area (Å²) in [6.45, 7) is 1.29. The van der Waals surface area contributed by atoms with Crippen LogP contribution in [0.25, 0.3) is 5.69 Å². The molecule has 21 heavy (non-hydrogen) atoms. The number of hydrogen-bond donors (Lipinski definition) is 1. The summed E-state index contributed by atoms with van der Waals surface area (Å²) in [7, 11) is 0. The molecule has 1 aromatic heterocycles. The van der Waals surface area contributed by atoms with Crippen molar-refractivity contribution in [2.45, 2.75) is 18.9 Å². The first kappa shape index (κ1) is 15.4. The summed E-state index contributed by atoms with van der Waals surface area (Å²) in [5, 5.41) is 11.0. The quantitative estimate of drug-likeness (QED) is 0.899. The maximum Gasteiger partial charge on any atom is 0.254 e. The van der Waals surface area contributed by atoms with E-state index in [2.05, 4.69) is 15.5 Å². The van der Waals surface area contributed by atoms with E-state index in [0.29, 0.717) is 12.1 Å². The van der Waals surface area contributed by atoms with Crippen molar-refractivity contribution < 1.29 is 4.79 Å². The highest BCUT2D eigenvalue weighted by atomic mass is 35.5. The Morgan fingerprint density at radius 1 is 1.43 bits per heavy atom. The van der Waals surface area contributed by atoms with Gasteiger partial charge in [-0.3, -0.25) is 4.79 Å². The molecule has 2 heterocycles. The zero-order chi connectivity index (χ0) is 13.9. The largest absolute Gasteiger partial charge is 0.334 e. The van der Waals surface area contributed by atoms with Crippen LogP contribution in [0.3, 0.4) is 0 Å². The Hall–Kier alpha value is -1.99. The minimum atomic E-state index is 0. The second kappa shape index (κ2) is 6.64. The molecule has 8 heteroatoms. The van der Waals surface area contributed by atoms with E-state index in [4.69, 9.17) is 5.73 Å². The van der Waals surface area contributed by atoms with Crippen molar-refractivity contribution in [2.75, 3.05) is 13.1 Å². The minimum Gasteiger partial charge on any atom is -0.334 e. The van der Waals surface area contributed by atoms with Crippen molar-refractivity contribution in [3.63, 3.8) is 0 Å². The summed E-state index contributed by atoms with van der Waals surface area (Å²) in [5.74, 6) is 0.0212. The third kappa shape index (κ3) is 3.03. The predicted molar refractivity (Wildman–Crippen MR) is 79.5 cm³/mol. The van der Waals surface area contributed by atoms with Crippen molar-refractivity contribution in [3.8, 4) is 5.69 Å². The molecule has 1 saturated heterocycles. The molecule has 0 aliphatic carbocycles. The average molecular weight is 309 g/mol. The van der Waals surface area contributed by atoms with Crippen molar-refractivity contribution in [3.05, 3.63) is 36.2 Å². The molecule has 1 aromatic carbocycles. The van der Waals surface area contributed by atoms with Crippen molar-refractivity contribution in [2.24, 2.45) is 5.73 Å². The Kier molecular flexibility index (Phi) is 4.87. The van der Waals surface area contributed by atoms with E-state index in [0.717, 1.165) is 25.1 Å². The normalized spacial score (nSPS) is 17.6. The zero-order valence-electron chi connectivity index (χ0n) is 11.4. The Morgan fingerprint density at radius 2 is 2.29 bits per heavy atom. The van der Waals surface area contributed by atoms with Gasteiger partial charge in [0.2, 0.25) is 0 Å². The van der Waals surface area contributed by atoms with Crippen LogP contribution in [0.5, 0.6) is 0 Å². The van der Waals surface area contributed by atoms with Gasteiger partial charge in [-0.1, -0.05) is 6.07 Å². The van der Waals surface area contributed by atoms with Gasteiger partial charge in [0.15, 0.2) is 0 Å². The zero-order valence-corrected chi connectivity index (χ0v) is 12.2. The molecule has 7 nitrogen and oxygen atoms in total. The van der Waals surface area contributed by atoms with E-state index in [1.807, 2.05) is 23.1 Å². The number of tetrazole rings is 1. The molecule has 2 aromatic rings. The van der Waals surface area contributed by atoms with Crippen LogP contribution >= 0.6 is 12.4 Å². The van der Waals surface area contributed by atoms with Crippen LogP contribution in [0, 0.1) is 0 Å². The van der Waals surface area contributed by atoms with E-state index < -0.39 is 0 Å². The van der Waals surface area contributed by atoms with Crippen molar-refractivity contribution in [1.82, 2.24) is 25.1 Å². The average Bonchev–Trinajstić information content (AvgIpc) is 3.17. The molecule has 0 saturated carbocycles. The van der Waals surface area contributed by atoms with Crippen LogP contribution in [-0.2, 0) is 0 Å². The number of halogens is 1. The van der Waals surface area contributed by atoms with E-state index in [1.54, 1.807) is 6.07 Å². The lowest BCUT2D eigenvalue weighted by Crippen LogP contribution is -2.39. The highest BCUT2D eigenvalue weighted by Gasteiger charge is 2.28. The number of nitrogens with two attached hydrogens (primary N) is 1. The highest BCUT2D eigenvalue weighted by Crippen LogP contribution is 2.20. The topological polar surface area (TPSA) is 89.9 Å². The van der Waals surface area contributed by atoms with Gasteiger partial charge in [-0.2, -0.15) is 0 Å². The maximum absolute atomic E-state index is 12.5. The highest BCUT2D eigenvalue weighted by molar-refractivity contribution is 5.95. The van der Waals surface area contributed by atoms with Crippen LogP contribution < -0.4 is 5.73 Å². The summed E-state index contributed by atoms with van der Waals surface area (Å²) in [6, 6.07) is 7.45. The number of nitrogens with zero attached hydrogens (tertiary/aromatic N) is 5. The first-order valence-electron chi connectivity index (χ1n) is 6.64. The number of benzene rings is 1. The lowest BCUT2D eigenvalue weighted by Gasteiger charge is -2.23. The van der Waals surface area contributed by atoms with E-state index >= 15 is 0 Å². The molecule has 2 N–H and O–H groups in total. The number of hydrogen-bond acceptors (Lipinski definition) is 5. The number of carbonyl (C=O) groups excluding carboxylic acids is 1. The molecule has 1 aliphatic rings. The fourth-order valence-corrected chi connectivity index (χ4v) is 2.57. The predicted octanol–water partition coefficient (Wildman–Crippen LogP) is 0.647. The molecule has 0 bridgehead atoms. The van der Waals surface area contributed by atoms with Gasteiger partial charge in [-0.05, 0) is 41.5 Å². The lowest BCUT2D eigenvalue weighted by atomic mass is 10.1. The second-order valence-corrected chi connectivity index (χ2v) is 4.84. The minimum absolute atomic E-state index is 0. The summed E-state index contributed by atoms with van der Waals surface area (Å²) >= 11 is 0. The Balaban J connectivity index is 0.00000161. The van der Waals surface area contributed by atoms with Gasteiger partial charge in [-0.25, -0.2) is 4.68 Å². The van der Waals surface area contributed by atoms with Gasteiger partial charge >= 0.3 is 0 Å². The fourth-order valence-electron chi connectivity index (χ4n) is 2.57. The summed E-state index contributed by atoms with van der Waals surface area (Å²) in [6.07, 6.45) is 3.50. The standard InChI is InChI=1S/C13H16N6O.ClH/c14-8-12-5-2-6-18(12)13(20)10-3-1-4-11(7-10)19-9-15-16-17-19;/h1,3-4,7,9,12H,2,5-6,8,14H2;1H. The molecule has 0 radical (unpaired) electrons. The molecular formula is C13H17ClN6O. The van der Waals surface area contributed by atoms with E-state index in [-0.39, 0.29) is 24.4 Å². The van der Waals surface area contributed by atoms with Crippen LogP contribution in [0.15, 0.2) is 30.6 Å². The van der Waals surface area contributed by atoms with Crippen LogP contribution in [0.4, 0.5) is 0 Å². The summed E-state index contributed by atoms with van der Waals surface area (Å²) in [5.41, 5.74) is 7.13. The molecule has 0 spiro atoms. The maximum atomic E-state index is 12.5. The molecule has 1 amide bonds. The van der Waals surface area contributed by atoms with Gasteiger partial charge < -0.3 is 10.6 Å². The van der Waals surface area contributed by atoms with Gasteiger partial charge in [-0.15, -0.1) is 17.5 Å². The van der Waals surface area contributed by atoms with Crippen molar-refractivity contribution in [1.29, 1.82) is 0 Å². The lowest BCUT2D eigenvalue weighted by molar-refractivity contribution is 0.0741. The monoisotopic (exact) mass is 308 g/mol. The SMILES string of the molecule is Cl.NCC1CCCN1C(=O)c1cccc(-n2cnnn2)c1. The first-order valence-corrected chi connectivity index (χ1v) is 6.64. The first-order chi connectivity index (χ1) is 9.79. The van der Waals surface area contributed by atoms with Gasteiger partial charge in [0, 0.05) is 24.7 Å². The molecule has 1 unspecified atom stereocenters. The Bertz CT molecular complexity index is 602. The van der Waals surface area contributed by atoms with Crippen LogP contribution in [0.1, 0.15) is 23.2 Å². The number of rotatable bonds is 3. The number of amides is 1. The van der Waals surface area contributed by atoms with Crippen LogP contribution in [0.2, 0.25) is 0 Å². The van der Waals surface area contributed by atoms with Gasteiger partial charge in [0.05, 0.1) is 5.69 Å². The third-order valence-electron chi connectivity index (χ3n) is 3.62. The molecule has 3 rings (SSSR count). The van der Waals surface area contributed by atoms with Crippen LogP contribution in [-0.4, -0.2) is 50.1 Å². The number of likely N-dealkylation sites (tertiary alicyclic amines) is 1. The summed E-state index contributed by atoms with van der Waals surface area (Å²) < 4.78 is 1.53. The second-order valence-electron chi connectivity index (χ2n) is 4.84. The van der Waals surface area contributed by atoms with E-state index in [9.17, 15) is 4.79 Å². The van der Waals surface area contributed by atoms with Crippen molar-refractivity contribution >= 4 is 18.3 Å². The molecular weight excluding hydrogens is 292 g/mol. The molecule has 1 atom stereocenters. The smallest absolute Gasteiger partial charge is 0.254 e. The third-order valence-corrected chi connectivity index (χ3v) is 3.62. The fraction of sp³-hybridized carbons (Fsp3) is 0.385. The molecule has 1 aliphatic heterocycles.